The lowest BCUT2D eigenvalue weighted by atomic mass is 9.78. The number of hydrogen-bond acceptors (Lipinski definition) is 2. The van der Waals surface area contributed by atoms with Crippen molar-refractivity contribution in [1.29, 1.82) is 0 Å². The van der Waals surface area contributed by atoms with E-state index in [2.05, 4.69) is 0 Å². The predicted octanol–water partition coefficient (Wildman–Crippen LogP) is 8.29. The highest BCUT2D eigenvalue weighted by Crippen LogP contribution is 2.51. The summed E-state index contributed by atoms with van der Waals surface area (Å²) >= 11 is 0. The van der Waals surface area contributed by atoms with Gasteiger partial charge in [0.2, 0.25) is 0 Å². The quantitative estimate of drug-likeness (QED) is 0.373. The van der Waals surface area contributed by atoms with Gasteiger partial charge >= 0.3 is 6.18 Å². The first-order valence-electron chi connectivity index (χ1n) is 11.4. The maximum absolute atomic E-state index is 16.3. The fourth-order valence-corrected chi connectivity index (χ4v) is 4.72. The third kappa shape index (κ3) is 4.92. The van der Waals surface area contributed by atoms with E-state index in [1.165, 1.54) is 24.3 Å². The first-order chi connectivity index (χ1) is 16.3. The zero-order valence-corrected chi connectivity index (χ0v) is 19.9. The standard InChI is InChI=1S/C28H27F5O2/c1-15(2)20-13-22-25(21(34)14-27(3,4)35-22)23(16-7-11-19(29)12-8-16)24(20)26(30)17-5-9-18(10-6-17)28(31,32)33/h5-13,15,21,26,34H,14H2,1-4H3/t21-,26+/m0/s1. The highest BCUT2D eigenvalue weighted by Gasteiger charge is 2.38. The molecular formula is C28H27F5O2. The van der Waals surface area contributed by atoms with Crippen molar-refractivity contribution in [2.24, 2.45) is 0 Å². The Morgan fingerprint density at radius 1 is 1.00 bits per heavy atom. The van der Waals surface area contributed by atoms with Crippen LogP contribution in [0.25, 0.3) is 11.1 Å². The van der Waals surface area contributed by atoms with Gasteiger partial charge in [-0.05, 0) is 72.4 Å². The fraction of sp³-hybridized carbons (Fsp3) is 0.357. The molecule has 0 saturated carbocycles. The lowest BCUT2D eigenvalue weighted by Gasteiger charge is -2.38. The summed E-state index contributed by atoms with van der Waals surface area (Å²) in [5.74, 6) is -0.227. The monoisotopic (exact) mass is 490 g/mol. The van der Waals surface area contributed by atoms with E-state index in [1.54, 1.807) is 6.07 Å². The van der Waals surface area contributed by atoms with Crippen molar-refractivity contribution in [3.05, 3.63) is 88.2 Å². The molecule has 2 atom stereocenters. The zero-order valence-electron chi connectivity index (χ0n) is 19.9. The molecule has 186 valence electrons. The minimum Gasteiger partial charge on any atom is -0.487 e. The molecule has 0 unspecified atom stereocenters. The van der Waals surface area contributed by atoms with E-state index in [9.17, 15) is 22.7 Å². The Morgan fingerprint density at radius 2 is 1.60 bits per heavy atom. The normalized spacial score (nSPS) is 18.2. The summed E-state index contributed by atoms with van der Waals surface area (Å²) < 4.78 is 75.4. The SMILES string of the molecule is CC(C)c1cc2c(c(-c3ccc(F)cc3)c1[C@H](F)c1ccc(C(F)(F)F)cc1)[C@@H](O)CC(C)(C)O2. The van der Waals surface area contributed by atoms with Crippen LogP contribution in [0.15, 0.2) is 54.6 Å². The van der Waals surface area contributed by atoms with Crippen molar-refractivity contribution in [1.82, 2.24) is 0 Å². The van der Waals surface area contributed by atoms with Gasteiger partial charge in [0.05, 0.1) is 11.7 Å². The molecule has 1 N–H and O–H groups in total. The van der Waals surface area contributed by atoms with Gasteiger partial charge in [-0.2, -0.15) is 13.2 Å². The molecule has 7 heteroatoms. The number of halogens is 5. The smallest absolute Gasteiger partial charge is 0.416 e. The second-order valence-electron chi connectivity index (χ2n) is 9.89. The fourth-order valence-electron chi connectivity index (χ4n) is 4.72. The molecule has 0 spiro atoms. The zero-order chi connectivity index (χ0) is 25.7. The van der Waals surface area contributed by atoms with Gasteiger partial charge in [-0.3, -0.25) is 0 Å². The molecule has 0 radical (unpaired) electrons. The third-order valence-electron chi connectivity index (χ3n) is 6.35. The van der Waals surface area contributed by atoms with Crippen LogP contribution in [0.2, 0.25) is 0 Å². The maximum atomic E-state index is 16.3. The Labute approximate surface area is 201 Å². The molecule has 0 bridgehead atoms. The van der Waals surface area contributed by atoms with Crippen molar-refractivity contribution < 1.29 is 31.8 Å². The molecule has 1 heterocycles. The molecular weight excluding hydrogens is 463 g/mol. The number of ether oxygens (including phenoxy) is 1. The van der Waals surface area contributed by atoms with Crippen LogP contribution in [0.3, 0.4) is 0 Å². The number of alkyl halides is 4. The van der Waals surface area contributed by atoms with Gasteiger partial charge in [-0.1, -0.05) is 38.1 Å². The van der Waals surface area contributed by atoms with Crippen LogP contribution in [0.1, 0.15) is 80.1 Å². The summed E-state index contributed by atoms with van der Waals surface area (Å²) in [6.45, 7) is 7.45. The molecule has 0 aliphatic carbocycles. The van der Waals surface area contributed by atoms with Gasteiger partial charge in [-0.25, -0.2) is 8.78 Å². The van der Waals surface area contributed by atoms with Gasteiger partial charge in [0.25, 0.3) is 0 Å². The topological polar surface area (TPSA) is 29.5 Å². The summed E-state index contributed by atoms with van der Waals surface area (Å²) in [7, 11) is 0. The lowest BCUT2D eigenvalue weighted by Crippen LogP contribution is -2.35. The van der Waals surface area contributed by atoms with Crippen LogP contribution in [-0.2, 0) is 6.18 Å². The molecule has 3 aromatic rings. The lowest BCUT2D eigenvalue weighted by molar-refractivity contribution is -0.137. The number of aliphatic hydroxyl groups excluding tert-OH is 1. The Morgan fingerprint density at radius 3 is 2.14 bits per heavy atom. The summed E-state index contributed by atoms with van der Waals surface area (Å²) in [6.07, 6.45) is -7.05. The largest absolute Gasteiger partial charge is 0.487 e. The number of benzene rings is 3. The number of rotatable bonds is 4. The minimum absolute atomic E-state index is 0.0507. The number of hydrogen-bond donors (Lipinski definition) is 1. The highest BCUT2D eigenvalue weighted by molar-refractivity contribution is 5.78. The molecule has 0 fully saturated rings. The molecule has 35 heavy (non-hydrogen) atoms. The van der Waals surface area contributed by atoms with Crippen LogP contribution < -0.4 is 4.74 Å². The molecule has 1 aliphatic rings. The van der Waals surface area contributed by atoms with Crippen LogP contribution in [-0.4, -0.2) is 10.7 Å². The van der Waals surface area contributed by atoms with E-state index < -0.39 is 35.4 Å². The van der Waals surface area contributed by atoms with Crippen LogP contribution in [0.4, 0.5) is 22.0 Å². The van der Waals surface area contributed by atoms with Crippen LogP contribution >= 0.6 is 0 Å². The van der Waals surface area contributed by atoms with E-state index in [1.807, 2.05) is 27.7 Å². The van der Waals surface area contributed by atoms with Crippen molar-refractivity contribution in [2.45, 2.75) is 64.1 Å². The van der Waals surface area contributed by atoms with Crippen molar-refractivity contribution in [3.63, 3.8) is 0 Å². The van der Waals surface area contributed by atoms with Gasteiger partial charge in [0.1, 0.15) is 17.2 Å². The van der Waals surface area contributed by atoms with Crippen LogP contribution in [0.5, 0.6) is 5.75 Å². The van der Waals surface area contributed by atoms with Gasteiger partial charge in [0.15, 0.2) is 6.17 Å². The Hall–Kier alpha value is -2.93. The van der Waals surface area contributed by atoms with E-state index in [4.69, 9.17) is 4.74 Å². The number of fused-ring (bicyclic) bond motifs is 1. The predicted molar refractivity (Wildman–Crippen MR) is 125 cm³/mol. The Bertz CT molecular complexity index is 1210. The van der Waals surface area contributed by atoms with E-state index in [-0.39, 0.29) is 23.5 Å². The molecule has 4 rings (SSSR count). The average Bonchev–Trinajstić information content (AvgIpc) is 2.76. The molecule has 2 nitrogen and oxygen atoms in total. The van der Waals surface area contributed by atoms with Gasteiger partial charge in [-0.15, -0.1) is 0 Å². The van der Waals surface area contributed by atoms with Crippen molar-refractivity contribution in [3.8, 4) is 16.9 Å². The third-order valence-corrected chi connectivity index (χ3v) is 6.35. The van der Waals surface area contributed by atoms with Crippen molar-refractivity contribution >= 4 is 0 Å². The molecule has 1 aliphatic heterocycles. The summed E-state index contributed by atoms with van der Waals surface area (Å²) in [5, 5.41) is 11.1. The summed E-state index contributed by atoms with van der Waals surface area (Å²) in [6, 6.07) is 11.2. The number of aliphatic hydroxyl groups is 1. The van der Waals surface area contributed by atoms with Gasteiger partial charge < -0.3 is 9.84 Å². The van der Waals surface area contributed by atoms with Gasteiger partial charge in [0, 0.05) is 17.5 Å². The maximum Gasteiger partial charge on any atom is 0.416 e. The average molecular weight is 491 g/mol. The second-order valence-corrected chi connectivity index (χ2v) is 9.89. The van der Waals surface area contributed by atoms with Crippen molar-refractivity contribution in [2.75, 3.05) is 0 Å². The molecule has 0 saturated heterocycles. The highest BCUT2D eigenvalue weighted by atomic mass is 19.4. The summed E-state index contributed by atoms with van der Waals surface area (Å²) in [4.78, 5) is 0. The molecule has 3 aromatic carbocycles. The first-order valence-corrected chi connectivity index (χ1v) is 11.4. The van der Waals surface area contributed by atoms with E-state index >= 15 is 4.39 Å². The van der Waals surface area contributed by atoms with E-state index in [0.717, 1.165) is 24.3 Å². The molecule has 0 aromatic heterocycles. The Kier molecular flexibility index (Phi) is 6.43. The Balaban J connectivity index is 2.00. The minimum atomic E-state index is -4.53. The van der Waals surface area contributed by atoms with Crippen LogP contribution in [0, 0.1) is 5.82 Å². The van der Waals surface area contributed by atoms with E-state index in [0.29, 0.717) is 28.0 Å². The first kappa shape index (κ1) is 25.2. The second kappa shape index (κ2) is 8.94. The summed E-state index contributed by atoms with van der Waals surface area (Å²) in [5.41, 5.74) is 0.601. The molecule has 0 amide bonds.